The van der Waals surface area contributed by atoms with Gasteiger partial charge in [0.25, 0.3) is 0 Å². The molecule has 0 aliphatic carbocycles. The van der Waals surface area contributed by atoms with Crippen LogP contribution in [0.3, 0.4) is 0 Å². The summed E-state index contributed by atoms with van der Waals surface area (Å²) in [5.41, 5.74) is 5.83. The Labute approximate surface area is 202 Å². The molecule has 0 spiro atoms. The quantitative estimate of drug-likeness (QED) is 0.563. The van der Waals surface area contributed by atoms with Crippen LogP contribution in [-0.2, 0) is 29.0 Å². The highest BCUT2D eigenvalue weighted by molar-refractivity contribution is 5.89. The number of rotatable bonds is 6. The number of hydrogen-bond donors (Lipinski definition) is 0. The van der Waals surface area contributed by atoms with Crippen LogP contribution in [0.5, 0.6) is 0 Å². The SMILES string of the molecule is COC(=O)c1ccc2c(c1)CCN(Cc1ccc(C3CCN(C(=O)OCC(C)C)CC3)cc1)C2. The molecule has 0 N–H and O–H groups in total. The maximum Gasteiger partial charge on any atom is 0.409 e. The zero-order valence-electron chi connectivity index (χ0n) is 20.6. The number of esters is 1. The van der Waals surface area contributed by atoms with E-state index in [4.69, 9.17) is 9.47 Å². The lowest BCUT2D eigenvalue weighted by atomic mass is 9.89. The van der Waals surface area contributed by atoms with E-state index in [9.17, 15) is 9.59 Å². The number of amides is 1. The summed E-state index contributed by atoms with van der Waals surface area (Å²) >= 11 is 0. The molecule has 6 nitrogen and oxygen atoms in total. The maximum absolute atomic E-state index is 12.2. The van der Waals surface area contributed by atoms with Crippen molar-refractivity contribution in [1.82, 2.24) is 9.80 Å². The summed E-state index contributed by atoms with van der Waals surface area (Å²) in [5, 5.41) is 0. The normalized spacial score (nSPS) is 16.9. The Hall–Kier alpha value is -2.86. The minimum atomic E-state index is -0.276. The first-order valence-corrected chi connectivity index (χ1v) is 12.4. The molecule has 2 aromatic carbocycles. The molecule has 2 aliphatic heterocycles. The molecule has 0 unspecified atom stereocenters. The summed E-state index contributed by atoms with van der Waals surface area (Å²) in [6.07, 6.45) is 2.72. The number of ether oxygens (including phenoxy) is 2. The molecule has 0 radical (unpaired) electrons. The zero-order valence-corrected chi connectivity index (χ0v) is 20.6. The van der Waals surface area contributed by atoms with Crippen LogP contribution in [-0.4, -0.2) is 55.2 Å². The smallest absolute Gasteiger partial charge is 0.409 e. The topological polar surface area (TPSA) is 59.1 Å². The summed E-state index contributed by atoms with van der Waals surface area (Å²) in [5.74, 6) is 0.579. The van der Waals surface area contributed by atoms with Crippen LogP contribution < -0.4 is 0 Å². The van der Waals surface area contributed by atoms with Crippen molar-refractivity contribution in [2.24, 2.45) is 5.92 Å². The van der Waals surface area contributed by atoms with Gasteiger partial charge in [0.05, 0.1) is 19.3 Å². The van der Waals surface area contributed by atoms with Crippen molar-refractivity contribution in [2.45, 2.75) is 52.1 Å². The van der Waals surface area contributed by atoms with Gasteiger partial charge in [-0.2, -0.15) is 0 Å². The van der Waals surface area contributed by atoms with Crippen LogP contribution in [0.1, 0.15) is 65.2 Å². The molecule has 182 valence electrons. The van der Waals surface area contributed by atoms with Crippen molar-refractivity contribution in [3.05, 3.63) is 70.3 Å². The third kappa shape index (κ3) is 5.98. The van der Waals surface area contributed by atoms with Gasteiger partial charge in [0.2, 0.25) is 0 Å². The van der Waals surface area contributed by atoms with Crippen molar-refractivity contribution in [3.63, 3.8) is 0 Å². The van der Waals surface area contributed by atoms with E-state index in [-0.39, 0.29) is 12.1 Å². The van der Waals surface area contributed by atoms with E-state index in [1.54, 1.807) is 0 Å². The highest BCUT2D eigenvalue weighted by atomic mass is 16.6. The summed E-state index contributed by atoms with van der Waals surface area (Å²) in [6.45, 7) is 8.89. The van der Waals surface area contributed by atoms with Crippen LogP contribution in [0.4, 0.5) is 4.79 Å². The lowest BCUT2D eigenvalue weighted by Crippen LogP contribution is -2.38. The van der Waals surface area contributed by atoms with E-state index in [1.165, 1.54) is 29.4 Å². The lowest BCUT2D eigenvalue weighted by Gasteiger charge is -2.32. The molecule has 4 rings (SSSR count). The van der Waals surface area contributed by atoms with Gasteiger partial charge in [-0.3, -0.25) is 4.90 Å². The number of likely N-dealkylation sites (tertiary alicyclic amines) is 1. The maximum atomic E-state index is 12.2. The Morgan fingerprint density at radius 3 is 2.41 bits per heavy atom. The average Bonchev–Trinajstić information content (AvgIpc) is 2.87. The number of carbonyl (C=O) groups is 2. The zero-order chi connectivity index (χ0) is 24.1. The van der Waals surface area contributed by atoms with Gasteiger partial charge in [0.1, 0.15) is 0 Å². The third-order valence-corrected chi connectivity index (χ3v) is 6.87. The summed E-state index contributed by atoms with van der Waals surface area (Å²) in [7, 11) is 1.42. The molecule has 0 aromatic heterocycles. The molecule has 2 aromatic rings. The van der Waals surface area contributed by atoms with E-state index in [0.29, 0.717) is 24.0 Å². The fourth-order valence-electron chi connectivity index (χ4n) is 4.87. The number of methoxy groups -OCH3 is 1. The largest absolute Gasteiger partial charge is 0.465 e. The van der Waals surface area contributed by atoms with Crippen LogP contribution >= 0.6 is 0 Å². The highest BCUT2D eigenvalue weighted by Gasteiger charge is 2.25. The van der Waals surface area contributed by atoms with E-state index >= 15 is 0 Å². The molecular weight excluding hydrogens is 428 g/mol. The van der Waals surface area contributed by atoms with E-state index in [0.717, 1.165) is 52.0 Å². The molecule has 0 atom stereocenters. The molecule has 2 heterocycles. The monoisotopic (exact) mass is 464 g/mol. The summed E-state index contributed by atoms with van der Waals surface area (Å²) in [4.78, 5) is 28.3. The summed E-state index contributed by atoms with van der Waals surface area (Å²) < 4.78 is 10.2. The second-order valence-electron chi connectivity index (χ2n) is 9.91. The highest BCUT2D eigenvalue weighted by Crippen LogP contribution is 2.29. The minimum Gasteiger partial charge on any atom is -0.465 e. The average molecular weight is 465 g/mol. The predicted octanol–water partition coefficient (Wildman–Crippen LogP) is 5.00. The van der Waals surface area contributed by atoms with Crippen LogP contribution in [0.15, 0.2) is 42.5 Å². The molecule has 1 fully saturated rings. The Kier molecular flexibility index (Phi) is 7.88. The van der Waals surface area contributed by atoms with E-state index < -0.39 is 0 Å². The molecular formula is C28H36N2O4. The lowest BCUT2D eigenvalue weighted by molar-refractivity contribution is 0.0600. The first-order valence-electron chi connectivity index (χ1n) is 12.4. The molecule has 0 bridgehead atoms. The number of fused-ring (bicyclic) bond motifs is 1. The van der Waals surface area contributed by atoms with Crippen LogP contribution in [0.2, 0.25) is 0 Å². The fourth-order valence-corrected chi connectivity index (χ4v) is 4.87. The number of nitrogens with zero attached hydrogens (tertiary/aromatic N) is 2. The van der Waals surface area contributed by atoms with Crippen LogP contribution in [0, 0.1) is 5.92 Å². The Morgan fingerprint density at radius 1 is 1.00 bits per heavy atom. The van der Waals surface area contributed by atoms with Crippen LogP contribution in [0.25, 0.3) is 0 Å². The molecule has 2 aliphatic rings. The van der Waals surface area contributed by atoms with Gasteiger partial charge in [0.15, 0.2) is 0 Å². The van der Waals surface area contributed by atoms with E-state index in [1.807, 2.05) is 17.0 Å². The molecule has 1 amide bonds. The van der Waals surface area contributed by atoms with Crippen molar-refractivity contribution < 1.29 is 19.1 Å². The van der Waals surface area contributed by atoms with Gasteiger partial charge in [-0.05, 0) is 65.5 Å². The molecule has 6 heteroatoms. The van der Waals surface area contributed by atoms with Gasteiger partial charge in [0, 0.05) is 32.7 Å². The van der Waals surface area contributed by atoms with Gasteiger partial charge >= 0.3 is 12.1 Å². The standard InChI is InChI=1S/C28H36N2O4/c1-20(2)19-34-28(32)30-14-11-23(12-15-30)22-6-4-21(5-7-22)17-29-13-10-24-16-25(27(31)33-3)8-9-26(24)18-29/h4-9,16,20,23H,10-15,17-19H2,1-3H3. The first kappa shape index (κ1) is 24.3. The van der Waals surface area contributed by atoms with Crippen molar-refractivity contribution in [3.8, 4) is 0 Å². The van der Waals surface area contributed by atoms with E-state index in [2.05, 4.69) is 49.1 Å². The number of piperidine rings is 1. The minimum absolute atomic E-state index is 0.174. The van der Waals surface area contributed by atoms with Gasteiger partial charge < -0.3 is 14.4 Å². The molecule has 0 saturated carbocycles. The van der Waals surface area contributed by atoms with Crippen molar-refractivity contribution in [2.75, 3.05) is 33.4 Å². The van der Waals surface area contributed by atoms with Gasteiger partial charge in [-0.1, -0.05) is 44.2 Å². The Bertz CT molecular complexity index is 994. The number of carbonyl (C=O) groups excluding carboxylic acids is 2. The third-order valence-electron chi connectivity index (χ3n) is 6.87. The van der Waals surface area contributed by atoms with Crippen molar-refractivity contribution >= 4 is 12.1 Å². The second-order valence-corrected chi connectivity index (χ2v) is 9.91. The molecule has 1 saturated heterocycles. The Morgan fingerprint density at radius 2 is 1.74 bits per heavy atom. The number of benzene rings is 2. The fraction of sp³-hybridized carbons (Fsp3) is 0.500. The predicted molar refractivity (Wildman–Crippen MR) is 132 cm³/mol. The second kappa shape index (κ2) is 11.0. The van der Waals surface area contributed by atoms with Crippen molar-refractivity contribution in [1.29, 1.82) is 0 Å². The molecule has 34 heavy (non-hydrogen) atoms. The number of hydrogen-bond acceptors (Lipinski definition) is 5. The van der Waals surface area contributed by atoms with Gasteiger partial charge in [-0.25, -0.2) is 9.59 Å². The summed E-state index contributed by atoms with van der Waals surface area (Å²) in [6, 6.07) is 14.9. The first-order chi connectivity index (χ1) is 16.4. The van der Waals surface area contributed by atoms with Gasteiger partial charge in [-0.15, -0.1) is 0 Å². The Balaban J connectivity index is 1.28.